The van der Waals surface area contributed by atoms with Crippen LogP contribution in [0.4, 0.5) is 4.39 Å². The fourth-order valence-electron chi connectivity index (χ4n) is 1.24. The van der Waals surface area contributed by atoms with Crippen LogP contribution in [0.3, 0.4) is 0 Å². The molecule has 0 spiro atoms. The zero-order valence-corrected chi connectivity index (χ0v) is 6.85. The predicted molar refractivity (Wildman–Crippen MR) is 40.0 cm³/mol. The summed E-state index contributed by atoms with van der Waals surface area (Å²) in [4.78, 5) is 12.5. The molecular weight excluding hydrogens is 147 g/mol. The average molecular weight is 160 g/mol. The quantitative estimate of drug-likeness (QED) is 0.575. The van der Waals surface area contributed by atoms with Crippen molar-refractivity contribution in [1.29, 1.82) is 0 Å². The van der Waals surface area contributed by atoms with Gasteiger partial charge in [-0.15, -0.1) is 0 Å². The van der Waals surface area contributed by atoms with Gasteiger partial charge in [-0.2, -0.15) is 0 Å². The third-order valence-electron chi connectivity index (χ3n) is 1.89. The van der Waals surface area contributed by atoms with Crippen molar-refractivity contribution >= 4 is 5.91 Å². The van der Waals surface area contributed by atoms with Crippen LogP contribution in [0.5, 0.6) is 0 Å². The van der Waals surface area contributed by atoms with Crippen molar-refractivity contribution < 1.29 is 9.18 Å². The Balaban J connectivity index is 2.64. The monoisotopic (exact) mass is 160 g/mol. The minimum absolute atomic E-state index is 0.157. The van der Waals surface area contributed by atoms with Crippen LogP contribution >= 0.6 is 0 Å². The summed E-state index contributed by atoms with van der Waals surface area (Å²) in [6.07, 6.45) is 0.296. The Hall–Kier alpha value is -0.640. The Morgan fingerprint density at radius 3 is 2.64 bits per heavy atom. The van der Waals surface area contributed by atoms with Gasteiger partial charge in [0.25, 0.3) is 5.91 Å². The van der Waals surface area contributed by atoms with E-state index in [0.717, 1.165) is 0 Å². The number of hydrogen-bond acceptors (Lipinski definition) is 2. The van der Waals surface area contributed by atoms with E-state index in [-0.39, 0.29) is 6.54 Å². The van der Waals surface area contributed by atoms with Crippen LogP contribution in [0.15, 0.2) is 0 Å². The second-order valence-electron chi connectivity index (χ2n) is 3.09. The number of alkyl halides is 1. The van der Waals surface area contributed by atoms with Crippen LogP contribution in [0, 0.1) is 0 Å². The van der Waals surface area contributed by atoms with Gasteiger partial charge in [-0.25, -0.2) is 4.39 Å². The highest BCUT2D eigenvalue weighted by Crippen LogP contribution is 2.21. The van der Waals surface area contributed by atoms with Gasteiger partial charge in [0.2, 0.25) is 5.67 Å². The Kier molecular flexibility index (Phi) is 2.13. The Bertz CT molecular complexity index is 164. The number of carbonyl (C=O) groups excluding carboxylic acids is 1. The van der Waals surface area contributed by atoms with E-state index in [1.807, 2.05) is 0 Å². The molecule has 1 fully saturated rings. The lowest BCUT2D eigenvalue weighted by atomic mass is 10.0. The molecule has 1 aliphatic heterocycles. The van der Waals surface area contributed by atoms with E-state index >= 15 is 0 Å². The Morgan fingerprint density at radius 2 is 2.27 bits per heavy atom. The maximum absolute atomic E-state index is 13.5. The standard InChI is InChI=1S/C7H13FN2O/c1-10(2)6(11)7(8)3-4-9-5-7/h9H,3-5H2,1-2H3/t7-/m0/s1. The largest absolute Gasteiger partial charge is 0.346 e. The molecule has 1 aliphatic rings. The molecule has 0 bridgehead atoms. The van der Waals surface area contributed by atoms with E-state index in [0.29, 0.717) is 13.0 Å². The summed E-state index contributed by atoms with van der Waals surface area (Å²) in [5.74, 6) is -0.428. The second kappa shape index (κ2) is 2.77. The molecule has 1 amide bonds. The van der Waals surface area contributed by atoms with Crippen molar-refractivity contribution in [2.45, 2.75) is 12.1 Å². The van der Waals surface area contributed by atoms with Gasteiger partial charge in [0.15, 0.2) is 0 Å². The van der Waals surface area contributed by atoms with E-state index in [9.17, 15) is 9.18 Å². The number of nitrogens with one attached hydrogen (secondary N) is 1. The normalized spacial score (nSPS) is 30.5. The fraction of sp³-hybridized carbons (Fsp3) is 0.857. The molecule has 0 aromatic rings. The highest BCUT2D eigenvalue weighted by atomic mass is 19.1. The van der Waals surface area contributed by atoms with E-state index in [4.69, 9.17) is 0 Å². The minimum Gasteiger partial charge on any atom is -0.346 e. The fourth-order valence-corrected chi connectivity index (χ4v) is 1.24. The first kappa shape index (κ1) is 8.46. The first-order chi connectivity index (χ1) is 5.06. The number of rotatable bonds is 1. The highest BCUT2D eigenvalue weighted by molar-refractivity contribution is 5.85. The van der Waals surface area contributed by atoms with Crippen molar-refractivity contribution in [3.63, 3.8) is 0 Å². The zero-order chi connectivity index (χ0) is 8.48. The van der Waals surface area contributed by atoms with Gasteiger partial charge in [0, 0.05) is 27.1 Å². The molecule has 1 N–H and O–H groups in total. The van der Waals surface area contributed by atoms with Crippen molar-refractivity contribution in [3.8, 4) is 0 Å². The first-order valence-electron chi connectivity index (χ1n) is 3.68. The van der Waals surface area contributed by atoms with Crippen LogP contribution in [-0.2, 0) is 4.79 Å². The summed E-state index contributed by atoms with van der Waals surface area (Å²) in [7, 11) is 3.14. The summed E-state index contributed by atoms with van der Waals surface area (Å²) in [6, 6.07) is 0. The van der Waals surface area contributed by atoms with E-state index in [2.05, 4.69) is 5.32 Å². The summed E-state index contributed by atoms with van der Waals surface area (Å²) < 4.78 is 13.5. The van der Waals surface area contributed by atoms with Crippen molar-refractivity contribution in [3.05, 3.63) is 0 Å². The second-order valence-corrected chi connectivity index (χ2v) is 3.09. The van der Waals surface area contributed by atoms with Gasteiger partial charge in [-0.3, -0.25) is 4.79 Å². The lowest BCUT2D eigenvalue weighted by Crippen LogP contribution is -2.44. The molecule has 4 heteroatoms. The lowest BCUT2D eigenvalue weighted by molar-refractivity contribution is -0.140. The third kappa shape index (κ3) is 1.50. The van der Waals surface area contributed by atoms with Gasteiger partial charge in [-0.05, 0) is 6.54 Å². The predicted octanol–water partition coefficient (Wildman–Crippen LogP) is -0.224. The van der Waals surface area contributed by atoms with Crippen LogP contribution < -0.4 is 5.32 Å². The number of halogens is 1. The molecule has 0 aliphatic carbocycles. The number of nitrogens with zero attached hydrogens (tertiary/aromatic N) is 1. The van der Waals surface area contributed by atoms with Crippen molar-refractivity contribution in [2.24, 2.45) is 0 Å². The van der Waals surface area contributed by atoms with Gasteiger partial charge < -0.3 is 10.2 Å². The molecule has 0 radical (unpaired) electrons. The van der Waals surface area contributed by atoms with Crippen molar-refractivity contribution in [1.82, 2.24) is 10.2 Å². The molecule has 1 saturated heterocycles. The minimum atomic E-state index is -1.65. The van der Waals surface area contributed by atoms with Gasteiger partial charge in [-0.1, -0.05) is 0 Å². The molecule has 0 saturated carbocycles. The van der Waals surface area contributed by atoms with Crippen LogP contribution in [0.2, 0.25) is 0 Å². The van der Waals surface area contributed by atoms with Crippen LogP contribution in [-0.4, -0.2) is 43.7 Å². The van der Waals surface area contributed by atoms with E-state index in [1.54, 1.807) is 14.1 Å². The highest BCUT2D eigenvalue weighted by Gasteiger charge is 2.42. The topological polar surface area (TPSA) is 32.3 Å². The van der Waals surface area contributed by atoms with Gasteiger partial charge in [0.1, 0.15) is 0 Å². The van der Waals surface area contributed by atoms with Crippen LogP contribution in [0.25, 0.3) is 0 Å². The summed E-state index contributed by atoms with van der Waals surface area (Å²) in [6.45, 7) is 0.750. The molecule has 11 heavy (non-hydrogen) atoms. The van der Waals surface area contributed by atoms with E-state index in [1.165, 1.54) is 4.90 Å². The lowest BCUT2D eigenvalue weighted by Gasteiger charge is -2.21. The van der Waals surface area contributed by atoms with Crippen molar-refractivity contribution in [2.75, 3.05) is 27.2 Å². The molecule has 3 nitrogen and oxygen atoms in total. The Morgan fingerprint density at radius 1 is 1.64 bits per heavy atom. The summed E-state index contributed by atoms with van der Waals surface area (Å²) >= 11 is 0. The molecule has 0 aromatic carbocycles. The van der Waals surface area contributed by atoms with Gasteiger partial charge >= 0.3 is 0 Å². The molecule has 1 atom stereocenters. The zero-order valence-electron chi connectivity index (χ0n) is 6.85. The molecule has 0 unspecified atom stereocenters. The average Bonchev–Trinajstić information content (AvgIpc) is 2.35. The number of carbonyl (C=O) groups is 1. The molecule has 1 heterocycles. The maximum atomic E-state index is 13.5. The van der Waals surface area contributed by atoms with Crippen LogP contribution in [0.1, 0.15) is 6.42 Å². The summed E-state index contributed by atoms with van der Waals surface area (Å²) in [5.41, 5.74) is -1.65. The number of amides is 1. The smallest absolute Gasteiger partial charge is 0.261 e. The SMILES string of the molecule is CN(C)C(=O)[C@]1(F)CCNC1. The number of hydrogen-bond donors (Lipinski definition) is 1. The Labute approximate surface area is 65.6 Å². The summed E-state index contributed by atoms with van der Waals surface area (Å²) in [5, 5.41) is 2.83. The van der Waals surface area contributed by atoms with E-state index < -0.39 is 11.6 Å². The van der Waals surface area contributed by atoms with Gasteiger partial charge in [0.05, 0.1) is 0 Å². The molecular formula is C7H13FN2O. The first-order valence-corrected chi connectivity index (χ1v) is 3.68. The molecule has 64 valence electrons. The third-order valence-corrected chi connectivity index (χ3v) is 1.89. The maximum Gasteiger partial charge on any atom is 0.261 e. The molecule has 1 rings (SSSR count). The molecule has 0 aromatic heterocycles.